The van der Waals surface area contributed by atoms with Gasteiger partial charge in [-0.25, -0.2) is 0 Å². The Labute approximate surface area is 115 Å². The first-order chi connectivity index (χ1) is 9.11. The van der Waals surface area contributed by atoms with Crippen LogP contribution in [-0.4, -0.2) is 11.0 Å². The highest BCUT2D eigenvalue weighted by atomic mass is 32.1. The highest BCUT2D eigenvalue weighted by Gasteiger charge is 2.39. The van der Waals surface area contributed by atoms with Crippen molar-refractivity contribution in [3.05, 3.63) is 57.3 Å². The summed E-state index contributed by atoms with van der Waals surface area (Å²) in [5.74, 6) is -0.489. The predicted octanol–water partition coefficient (Wildman–Crippen LogP) is 1.96. The molecule has 0 saturated heterocycles. The molecule has 1 aromatic heterocycles. The molecule has 1 heterocycles. The predicted molar refractivity (Wildman–Crippen MR) is 75.0 cm³/mol. The second-order valence-electron chi connectivity index (χ2n) is 4.92. The lowest BCUT2D eigenvalue weighted by Gasteiger charge is -2.28. The summed E-state index contributed by atoms with van der Waals surface area (Å²) in [5, 5.41) is 13.1. The van der Waals surface area contributed by atoms with Gasteiger partial charge in [-0.05, 0) is 35.4 Å². The van der Waals surface area contributed by atoms with Crippen LogP contribution in [0.25, 0.3) is 0 Å². The lowest BCUT2D eigenvalue weighted by molar-refractivity contribution is -0.121. The number of nitrogens with two attached hydrogens (primary N) is 1. The van der Waals surface area contributed by atoms with Crippen LogP contribution in [-0.2, 0) is 23.2 Å². The highest BCUT2D eigenvalue weighted by molar-refractivity contribution is 7.10. The van der Waals surface area contributed by atoms with Crippen LogP contribution in [0, 0.1) is 0 Å². The molecule has 1 amide bonds. The van der Waals surface area contributed by atoms with Crippen LogP contribution in [0.3, 0.4) is 0 Å². The normalized spacial score (nSPS) is 21.3. The van der Waals surface area contributed by atoms with Crippen LogP contribution in [0.1, 0.15) is 28.0 Å². The van der Waals surface area contributed by atoms with Gasteiger partial charge in [0.25, 0.3) is 0 Å². The molecular formula is C15H15NO2S. The standard InChI is InChI=1S/C15H15NO2S/c16-14(17)9-15(18)11-4-2-1-3-10(11)5-6-13-12(15)7-8-19-13/h1-4,7-8,18H,5-6,9H2,(H2,16,17). The maximum Gasteiger partial charge on any atom is 0.221 e. The van der Waals surface area contributed by atoms with E-state index in [2.05, 4.69) is 0 Å². The Bertz CT molecular complexity index is 635. The van der Waals surface area contributed by atoms with Gasteiger partial charge in [0.2, 0.25) is 5.91 Å². The van der Waals surface area contributed by atoms with E-state index in [0.29, 0.717) is 0 Å². The van der Waals surface area contributed by atoms with E-state index < -0.39 is 11.5 Å². The minimum absolute atomic E-state index is 0.0756. The number of carbonyl (C=O) groups excluding carboxylic acids is 1. The first-order valence-electron chi connectivity index (χ1n) is 6.27. The van der Waals surface area contributed by atoms with Gasteiger partial charge in [0.1, 0.15) is 5.60 Å². The summed E-state index contributed by atoms with van der Waals surface area (Å²) in [6, 6.07) is 9.67. The average Bonchev–Trinajstić information content (AvgIpc) is 2.81. The third-order valence-corrected chi connectivity index (χ3v) is 4.69. The van der Waals surface area contributed by atoms with Crippen molar-refractivity contribution in [1.82, 2.24) is 0 Å². The fourth-order valence-electron chi connectivity index (χ4n) is 2.88. The van der Waals surface area contributed by atoms with Crippen LogP contribution in [0.5, 0.6) is 0 Å². The summed E-state index contributed by atoms with van der Waals surface area (Å²) in [4.78, 5) is 12.5. The van der Waals surface area contributed by atoms with Crippen LogP contribution < -0.4 is 5.73 Å². The third-order valence-electron chi connectivity index (χ3n) is 3.71. The molecule has 0 radical (unpaired) electrons. The molecule has 3 nitrogen and oxygen atoms in total. The van der Waals surface area contributed by atoms with Gasteiger partial charge in [-0.15, -0.1) is 11.3 Å². The molecule has 1 aliphatic carbocycles. The SMILES string of the molecule is NC(=O)CC1(O)c2ccccc2CCc2sccc21. The molecule has 0 aliphatic heterocycles. The second kappa shape index (κ2) is 4.47. The molecule has 1 atom stereocenters. The zero-order chi connectivity index (χ0) is 13.5. The molecular weight excluding hydrogens is 258 g/mol. The van der Waals surface area contributed by atoms with Crippen molar-refractivity contribution in [1.29, 1.82) is 0 Å². The molecule has 1 unspecified atom stereocenters. The van der Waals surface area contributed by atoms with Crippen molar-refractivity contribution in [2.75, 3.05) is 0 Å². The van der Waals surface area contributed by atoms with Crippen LogP contribution >= 0.6 is 11.3 Å². The van der Waals surface area contributed by atoms with Gasteiger partial charge in [0.15, 0.2) is 0 Å². The Balaban J connectivity index is 2.24. The smallest absolute Gasteiger partial charge is 0.221 e. The van der Waals surface area contributed by atoms with E-state index in [1.165, 1.54) is 0 Å². The van der Waals surface area contributed by atoms with Crippen LogP contribution in [0.15, 0.2) is 35.7 Å². The highest BCUT2D eigenvalue weighted by Crippen LogP contribution is 2.41. The van der Waals surface area contributed by atoms with Gasteiger partial charge < -0.3 is 10.8 Å². The van der Waals surface area contributed by atoms with Crippen LogP contribution in [0.2, 0.25) is 0 Å². The number of hydrogen-bond acceptors (Lipinski definition) is 3. The molecule has 1 aromatic carbocycles. The fraction of sp³-hybridized carbons (Fsp3) is 0.267. The van der Waals surface area contributed by atoms with Gasteiger partial charge in [0, 0.05) is 10.4 Å². The van der Waals surface area contributed by atoms with E-state index >= 15 is 0 Å². The molecule has 98 valence electrons. The fourth-order valence-corrected chi connectivity index (χ4v) is 3.83. The van der Waals surface area contributed by atoms with Crippen molar-refractivity contribution in [3.63, 3.8) is 0 Å². The zero-order valence-corrected chi connectivity index (χ0v) is 11.2. The van der Waals surface area contributed by atoms with E-state index in [0.717, 1.165) is 34.4 Å². The Morgan fingerprint density at radius 1 is 1.26 bits per heavy atom. The maximum atomic E-state index is 11.4. The minimum atomic E-state index is -1.28. The number of benzene rings is 1. The Kier molecular flexibility index (Phi) is 2.92. The summed E-state index contributed by atoms with van der Waals surface area (Å²) in [7, 11) is 0. The lowest BCUT2D eigenvalue weighted by Crippen LogP contribution is -2.33. The maximum absolute atomic E-state index is 11.4. The summed E-state index contributed by atoms with van der Waals surface area (Å²) < 4.78 is 0. The Hall–Kier alpha value is -1.65. The molecule has 0 spiro atoms. The topological polar surface area (TPSA) is 63.3 Å². The van der Waals surface area contributed by atoms with Gasteiger partial charge in [-0.3, -0.25) is 4.79 Å². The number of rotatable bonds is 2. The number of hydrogen-bond donors (Lipinski definition) is 2. The quantitative estimate of drug-likeness (QED) is 0.878. The third kappa shape index (κ3) is 1.97. The molecule has 4 heteroatoms. The molecule has 3 rings (SSSR count). The average molecular weight is 273 g/mol. The first kappa shape index (κ1) is 12.4. The van der Waals surface area contributed by atoms with Gasteiger partial charge in [-0.1, -0.05) is 24.3 Å². The number of aliphatic hydroxyl groups is 1. The zero-order valence-electron chi connectivity index (χ0n) is 10.4. The molecule has 0 saturated carbocycles. The largest absolute Gasteiger partial charge is 0.380 e. The number of carbonyl (C=O) groups is 1. The molecule has 1 aliphatic rings. The number of amides is 1. The summed E-state index contributed by atoms with van der Waals surface area (Å²) in [6.45, 7) is 0. The van der Waals surface area contributed by atoms with Crippen molar-refractivity contribution in [2.45, 2.75) is 24.9 Å². The van der Waals surface area contributed by atoms with E-state index in [4.69, 9.17) is 5.73 Å². The van der Waals surface area contributed by atoms with E-state index in [1.807, 2.05) is 35.7 Å². The van der Waals surface area contributed by atoms with Gasteiger partial charge in [0.05, 0.1) is 6.42 Å². The van der Waals surface area contributed by atoms with Crippen molar-refractivity contribution in [3.8, 4) is 0 Å². The second-order valence-corrected chi connectivity index (χ2v) is 5.92. The molecule has 0 fully saturated rings. The lowest BCUT2D eigenvalue weighted by atomic mass is 9.82. The molecule has 19 heavy (non-hydrogen) atoms. The summed E-state index contributed by atoms with van der Waals surface area (Å²) in [5.41, 5.74) is 6.80. The monoisotopic (exact) mass is 273 g/mol. The van der Waals surface area contributed by atoms with Gasteiger partial charge in [-0.2, -0.15) is 0 Å². The number of aryl methyl sites for hydroxylation is 2. The molecule has 0 bridgehead atoms. The minimum Gasteiger partial charge on any atom is -0.380 e. The molecule has 3 N–H and O–H groups in total. The molecule has 2 aromatic rings. The first-order valence-corrected chi connectivity index (χ1v) is 7.15. The summed E-state index contributed by atoms with van der Waals surface area (Å²) in [6.07, 6.45) is 1.70. The summed E-state index contributed by atoms with van der Waals surface area (Å²) >= 11 is 1.63. The Morgan fingerprint density at radius 2 is 2.05 bits per heavy atom. The van der Waals surface area contributed by atoms with Gasteiger partial charge >= 0.3 is 0 Å². The number of fused-ring (bicyclic) bond motifs is 2. The van der Waals surface area contributed by atoms with E-state index in [1.54, 1.807) is 11.3 Å². The Morgan fingerprint density at radius 3 is 2.84 bits per heavy atom. The number of primary amides is 1. The van der Waals surface area contributed by atoms with Crippen LogP contribution in [0.4, 0.5) is 0 Å². The number of thiophene rings is 1. The van der Waals surface area contributed by atoms with Crippen molar-refractivity contribution >= 4 is 17.2 Å². The van der Waals surface area contributed by atoms with E-state index in [-0.39, 0.29) is 6.42 Å². The van der Waals surface area contributed by atoms with Crippen molar-refractivity contribution in [2.24, 2.45) is 5.73 Å². The van der Waals surface area contributed by atoms with Crippen molar-refractivity contribution < 1.29 is 9.90 Å². The van der Waals surface area contributed by atoms with E-state index in [9.17, 15) is 9.90 Å².